The van der Waals surface area contributed by atoms with E-state index in [9.17, 15) is 8.42 Å². The first-order valence-electron chi connectivity index (χ1n) is 5.54. The first kappa shape index (κ1) is 15.3. The van der Waals surface area contributed by atoms with Crippen molar-refractivity contribution in [2.24, 2.45) is 0 Å². The zero-order valence-corrected chi connectivity index (χ0v) is 12.0. The smallest absolute Gasteiger partial charge is 0.243 e. The van der Waals surface area contributed by atoms with Crippen molar-refractivity contribution in [1.82, 2.24) is 19.6 Å². The van der Waals surface area contributed by atoms with Gasteiger partial charge in [-0.2, -0.15) is 0 Å². The minimum absolute atomic E-state index is 0.0273. The monoisotopic (exact) mass is 292 g/mol. The Morgan fingerprint density at radius 1 is 1.28 bits per heavy atom. The number of hydrogen-bond acceptors (Lipinski definition) is 5. The van der Waals surface area contributed by atoms with Gasteiger partial charge in [-0.3, -0.25) is 0 Å². The number of unbranched alkanes of at least 4 members (excludes halogenated alkanes) is 1. The predicted molar refractivity (Wildman–Crippen MR) is 70.0 cm³/mol. The largest absolute Gasteiger partial charge is 0.309 e. The van der Waals surface area contributed by atoms with Crippen molar-refractivity contribution in [3.05, 3.63) is 17.7 Å². The van der Waals surface area contributed by atoms with E-state index in [-0.39, 0.29) is 10.2 Å². The molecule has 0 aliphatic rings. The third-order valence-electron chi connectivity index (χ3n) is 2.23. The molecule has 1 N–H and O–H groups in total. The molecule has 1 aromatic rings. The van der Waals surface area contributed by atoms with Crippen molar-refractivity contribution >= 4 is 21.6 Å². The molecule has 8 heteroatoms. The Morgan fingerprint density at radius 3 is 2.44 bits per heavy atom. The van der Waals surface area contributed by atoms with Crippen LogP contribution >= 0.6 is 11.6 Å². The Morgan fingerprint density at radius 2 is 1.89 bits per heavy atom. The molecule has 0 saturated heterocycles. The Bertz CT molecular complexity index is 461. The molecule has 0 aliphatic heterocycles. The summed E-state index contributed by atoms with van der Waals surface area (Å²) < 4.78 is 26.1. The predicted octanol–water partition coefficient (Wildman–Crippen LogP) is 0.750. The number of rotatable bonds is 7. The maximum atomic E-state index is 11.8. The van der Waals surface area contributed by atoms with Crippen molar-refractivity contribution in [2.45, 2.75) is 17.7 Å². The molecule has 6 nitrogen and oxygen atoms in total. The summed E-state index contributed by atoms with van der Waals surface area (Å²) in [5.74, 6) is 0. The summed E-state index contributed by atoms with van der Waals surface area (Å²) in [7, 11) is 0.438. The first-order chi connectivity index (χ1) is 8.42. The van der Waals surface area contributed by atoms with Gasteiger partial charge in [0.15, 0.2) is 0 Å². The van der Waals surface area contributed by atoms with Crippen LogP contribution in [0.15, 0.2) is 17.3 Å². The standard InChI is InChI=1S/C10H17ClN4O2S/c1-15(2)6-4-3-5-14-18(16,17)9-7-12-10(11)13-8-9/h7-8,14H,3-6H2,1-2H3. The third kappa shape index (κ3) is 5.26. The van der Waals surface area contributed by atoms with Gasteiger partial charge in [-0.15, -0.1) is 0 Å². The Hall–Kier alpha value is -0.760. The first-order valence-corrected chi connectivity index (χ1v) is 7.40. The summed E-state index contributed by atoms with van der Waals surface area (Å²) in [6.07, 6.45) is 4.10. The van der Waals surface area contributed by atoms with Gasteiger partial charge in [0.05, 0.1) is 12.4 Å². The topological polar surface area (TPSA) is 75.2 Å². The van der Waals surface area contributed by atoms with Gasteiger partial charge < -0.3 is 4.90 Å². The highest BCUT2D eigenvalue weighted by molar-refractivity contribution is 7.89. The molecular weight excluding hydrogens is 276 g/mol. The fourth-order valence-electron chi connectivity index (χ4n) is 1.28. The lowest BCUT2D eigenvalue weighted by Gasteiger charge is -2.09. The zero-order chi connectivity index (χ0) is 13.6. The maximum absolute atomic E-state index is 11.8. The molecule has 0 bridgehead atoms. The van der Waals surface area contributed by atoms with Crippen LogP contribution in [-0.4, -0.2) is 50.5 Å². The van der Waals surface area contributed by atoms with E-state index in [0.717, 1.165) is 19.4 Å². The molecule has 0 aliphatic carbocycles. The molecule has 0 spiro atoms. The van der Waals surface area contributed by atoms with Crippen LogP contribution in [0, 0.1) is 0 Å². The third-order valence-corrected chi connectivity index (χ3v) is 3.84. The Balaban J connectivity index is 2.43. The van der Waals surface area contributed by atoms with E-state index in [2.05, 4.69) is 19.6 Å². The fraction of sp³-hybridized carbons (Fsp3) is 0.600. The van der Waals surface area contributed by atoms with Crippen LogP contribution in [-0.2, 0) is 10.0 Å². The second-order valence-electron chi connectivity index (χ2n) is 4.10. The van der Waals surface area contributed by atoms with Crippen molar-refractivity contribution < 1.29 is 8.42 Å². The van der Waals surface area contributed by atoms with Gasteiger partial charge in [0, 0.05) is 6.54 Å². The number of halogens is 1. The lowest BCUT2D eigenvalue weighted by molar-refractivity contribution is 0.394. The highest BCUT2D eigenvalue weighted by atomic mass is 35.5. The molecule has 0 unspecified atom stereocenters. The normalized spacial score (nSPS) is 12.0. The highest BCUT2D eigenvalue weighted by Gasteiger charge is 2.14. The van der Waals surface area contributed by atoms with Gasteiger partial charge in [0.1, 0.15) is 4.90 Å². The van der Waals surface area contributed by atoms with Gasteiger partial charge >= 0.3 is 0 Å². The Labute approximate surface area is 112 Å². The Kier molecular flexibility index (Phi) is 5.94. The molecule has 0 aromatic carbocycles. The molecule has 0 fully saturated rings. The molecule has 0 saturated carbocycles. The number of aromatic nitrogens is 2. The molecule has 102 valence electrons. The molecular formula is C10H17ClN4O2S. The van der Waals surface area contributed by atoms with Gasteiger partial charge in [-0.05, 0) is 45.1 Å². The quantitative estimate of drug-likeness (QED) is 0.593. The van der Waals surface area contributed by atoms with E-state index in [0.29, 0.717) is 6.54 Å². The molecule has 0 amide bonds. The summed E-state index contributed by atoms with van der Waals surface area (Å²) in [5.41, 5.74) is 0. The SMILES string of the molecule is CN(C)CCCCNS(=O)(=O)c1cnc(Cl)nc1. The van der Waals surface area contributed by atoms with Gasteiger partial charge in [0.2, 0.25) is 15.3 Å². The second-order valence-corrected chi connectivity index (χ2v) is 6.20. The van der Waals surface area contributed by atoms with Crippen molar-refractivity contribution in [2.75, 3.05) is 27.2 Å². The van der Waals surface area contributed by atoms with E-state index < -0.39 is 10.0 Å². The minimum atomic E-state index is -3.52. The van der Waals surface area contributed by atoms with Crippen LogP contribution in [0.25, 0.3) is 0 Å². The second kappa shape index (κ2) is 6.98. The van der Waals surface area contributed by atoms with Crippen LogP contribution < -0.4 is 4.72 Å². The number of hydrogen-bond donors (Lipinski definition) is 1. The van der Waals surface area contributed by atoms with E-state index in [1.807, 2.05) is 14.1 Å². The molecule has 1 heterocycles. The molecule has 1 aromatic heterocycles. The van der Waals surface area contributed by atoms with Gasteiger partial charge in [-0.25, -0.2) is 23.1 Å². The average molecular weight is 293 g/mol. The van der Waals surface area contributed by atoms with Crippen molar-refractivity contribution in [3.8, 4) is 0 Å². The molecule has 1 rings (SSSR count). The summed E-state index contributed by atoms with van der Waals surface area (Å²) in [6, 6.07) is 0. The van der Waals surface area contributed by atoms with E-state index in [1.54, 1.807) is 0 Å². The molecule has 0 atom stereocenters. The zero-order valence-electron chi connectivity index (χ0n) is 10.4. The lowest BCUT2D eigenvalue weighted by Crippen LogP contribution is -2.25. The molecule has 18 heavy (non-hydrogen) atoms. The van der Waals surface area contributed by atoms with Crippen LogP contribution in [0.3, 0.4) is 0 Å². The summed E-state index contributed by atoms with van der Waals surface area (Å²) >= 11 is 5.49. The highest BCUT2D eigenvalue weighted by Crippen LogP contribution is 2.07. The fourth-order valence-corrected chi connectivity index (χ4v) is 2.34. The van der Waals surface area contributed by atoms with Gasteiger partial charge in [-0.1, -0.05) is 0 Å². The maximum Gasteiger partial charge on any atom is 0.243 e. The lowest BCUT2D eigenvalue weighted by atomic mass is 10.3. The van der Waals surface area contributed by atoms with E-state index in [1.165, 1.54) is 12.4 Å². The van der Waals surface area contributed by atoms with Crippen molar-refractivity contribution in [1.29, 1.82) is 0 Å². The van der Waals surface area contributed by atoms with E-state index in [4.69, 9.17) is 11.6 Å². The number of nitrogens with one attached hydrogen (secondary N) is 1. The van der Waals surface area contributed by atoms with Crippen LogP contribution in [0.1, 0.15) is 12.8 Å². The van der Waals surface area contributed by atoms with E-state index >= 15 is 0 Å². The molecule has 0 radical (unpaired) electrons. The van der Waals surface area contributed by atoms with Gasteiger partial charge in [0.25, 0.3) is 0 Å². The van der Waals surface area contributed by atoms with Crippen LogP contribution in [0.4, 0.5) is 0 Å². The summed E-state index contributed by atoms with van der Waals surface area (Å²) in [6.45, 7) is 1.34. The number of sulfonamides is 1. The number of nitrogens with zero attached hydrogens (tertiary/aromatic N) is 3. The minimum Gasteiger partial charge on any atom is -0.309 e. The van der Waals surface area contributed by atoms with Crippen LogP contribution in [0.2, 0.25) is 5.28 Å². The average Bonchev–Trinajstić information content (AvgIpc) is 2.28. The summed E-state index contributed by atoms with van der Waals surface area (Å²) in [4.78, 5) is 9.37. The van der Waals surface area contributed by atoms with Crippen molar-refractivity contribution in [3.63, 3.8) is 0 Å². The van der Waals surface area contributed by atoms with Crippen LogP contribution in [0.5, 0.6) is 0 Å². The summed E-state index contributed by atoms with van der Waals surface area (Å²) in [5, 5.41) is 0.0277.